The van der Waals surface area contributed by atoms with Crippen LogP contribution in [-0.4, -0.2) is 6.29 Å². The number of carbonyl (C=O) groups is 1. The Labute approximate surface area is 96.3 Å². The maximum absolute atomic E-state index is 10.5. The Hall–Kier alpha value is -1.00. The standard InChI is InChI=1S/C11H10O2S2/c1-8-4-5-13-10(8)7-14-11-3-2-9(6-12)15-11/h2-6H,7H2,1H3. The van der Waals surface area contributed by atoms with Gasteiger partial charge in [0, 0.05) is 0 Å². The van der Waals surface area contributed by atoms with Gasteiger partial charge in [-0.15, -0.1) is 23.1 Å². The van der Waals surface area contributed by atoms with Crippen molar-refractivity contribution in [1.29, 1.82) is 0 Å². The molecule has 0 saturated heterocycles. The highest BCUT2D eigenvalue weighted by molar-refractivity contribution is 8.00. The van der Waals surface area contributed by atoms with Crippen LogP contribution in [0.1, 0.15) is 21.0 Å². The van der Waals surface area contributed by atoms with E-state index >= 15 is 0 Å². The molecule has 2 heterocycles. The fourth-order valence-electron chi connectivity index (χ4n) is 1.16. The summed E-state index contributed by atoms with van der Waals surface area (Å²) < 4.78 is 6.48. The molecule has 2 rings (SSSR count). The Morgan fingerprint density at radius 1 is 1.47 bits per heavy atom. The van der Waals surface area contributed by atoms with Gasteiger partial charge in [-0.2, -0.15) is 0 Å². The van der Waals surface area contributed by atoms with E-state index in [2.05, 4.69) is 0 Å². The molecule has 0 atom stereocenters. The van der Waals surface area contributed by atoms with Crippen molar-refractivity contribution in [3.05, 3.63) is 40.7 Å². The molecular formula is C11H10O2S2. The van der Waals surface area contributed by atoms with E-state index in [1.54, 1.807) is 18.0 Å². The normalized spacial score (nSPS) is 10.5. The van der Waals surface area contributed by atoms with E-state index < -0.39 is 0 Å². The average Bonchev–Trinajstić information content (AvgIpc) is 2.84. The van der Waals surface area contributed by atoms with Crippen LogP contribution in [0.2, 0.25) is 0 Å². The quantitative estimate of drug-likeness (QED) is 0.600. The van der Waals surface area contributed by atoms with Gasteiger partial charge < -0.3 is 4.42 Å². The highest BCUT2D eigenvalue weighted by Gasteiger charge is 2.04. The number of hydrogen-bond acceptors (Lipinski definition) is 4. The molecule has 2 aromatic heterocycles. The number of thiophene rings is 1. The van der Waals surface area contributed by atoms with Gasteiger partial charge in [0.2, 0.25) is 0 Å². The van der Waals surface area contributed by atoms with Gasteiger partial charge in [0.15, 0.2) is 6.29 Å². The fourth-order valence-corrected chi connectivity index (χ4v) is 3.15. The minimum atomic E-state index is 0.772. The molecule has 0 aliphatic rings. The largest absolute Gasteiger partial charge is 0.468 e. The summed E-state index contributed by atoms with van der Waals surface area (Å²) in [6.07, 6.45) is 2.59. The van der Waals surface area contributed by atoms with Crippen molar-refractivity contribution in [2.24, 2.45) is 0 Å². The molecule has 15 heavy (non-hydrogen) atoms. The second-order valence-corrected chi connectivity index (χ2v) is 5.48. The average molecular weight is 238 g/mol. The number of carbonyl (C=O) groups excluding carboxylic acids is 1. The minimum Gasteiger partial charge on any atom is -0.468 e. The van der Waals surface area contributed by atoms with E-state index in [1.165, 1.54) is 16.9 Å². The van der Waals surface area contributed by atoms with Crippen molar-refractivity contribution in [2.75, 3.05) is 0 Å². The summed E-state index contributed by atoms with van der Waals surface area (Å²) in [5.41, 5.74) is 1.18. The van der Waals surface area contributed by atoms with Crippen molar-refractivity contribution < 1.29 is 9.21 Å². The van der Waals surface area contributed by atoms with Crippen LogP contribution in [0, 0.1) is 6.92 Å². The van der Waals surface area contributed by atoms with E-state index in [0.717, 1.165) is 26.9 Å². The predicted octanol–water partition coefficient (Wildman–Crippen LogP) is 3.75. The summed E-state index contributed by atoms with van der Waals surface area (Å²) in [7, 11) is 0. The van der Waals surface area contributed by atoms with Gasteiger partial charge in [-0.3, -0.25) is 4.79 Å². The van der Waals surface area contributed by atoms with E-state index in [9.17, 15) is 4.79 Å². The lowest BCUT2D eigenvalue weighted by molar-refractivity contribution is 0.112. The molecule has 78 valence electrons. The zero-order valence-electron chi connectivity index (χ0n) is 8.23. The van der Waals surface area contributed by atoms with E-state index in [4.69, 9.17) is 4.42 Å². The highest BCUT2D eigenvalue weighted by atomic mass is 32.2. The second kappa shape index (κ2) is 4.68. The van der Waals surface area contributed by atoms with Gasteiger partial charge in [-0.1, -0.05) is 0 Å². The third-order valence-electron chi connectivity index (χ3n) is 2.03. The summed E-state index contributed by atoms with van der Waals surface area (Å²) in [6.45, 7) is 2.03. The Kier molecular flexibility index (Phi) is 3.28. The van der Waals surface area contributed by atoms with Gasteiger partial charge in [-0.25, -0.2) is 0 Å². The lowest BCUT2D eigenvalue weighted by atomic mass is 10.3. The first-order valence-electron chi connectivity index (χ1n) is 4.50. The number of thioether (sulfide) groups is 1. The SMILES string of the molecule is Cc1ccoc1CSc1ccc(C=O)s1. The molecule has 0 amide bonds. The van der Waals surface area contributed by atoms with Gasteiger partial charge in [0.25, 0.3) is 0 Å². The summed E-state index contributed by atoms with van der Waals surface area (Å²) in [5.74, 6) is 1.82. The summed E-state index contributed by atoms with van der Waals surface area (Å²) in [6, 6.07) is 5.77. The van der Waals surface area contributed by atoms with Crippen LogP contribution in [0.25, 0.3) is 0 Å². The summed E-state index contributed by atoms with van der Waals surface area (Å²) >= 11 is 3.21. The van der Waals surface area contributed by atoms with Crippen LogP contribution < -0.4 is 0 Å². The lowest BCUT2D eigenvalue weighted by Gasteiger charge is -1.96. The Morgan fingerprint density at radius 2 is 2.33 bits per heavy atom. The molecule has 0 bridgehead atoms. The van der Waals surface area contributed by atoms with Crippen LogP contribution >= 0.6 is 23.1 Å². The molecule has 0 radical (unpaired) electrons. The zero-order chi connectivity index (χ0) is 10.7. The number of aldehydes is 1. The van der Waals surface area contributed by atoms with Crippen molar-refractivity contribution >= 4 is 29.4 Å². The molecule has 0 saturated carbocycles. The fraction of sp³-hybridized carbons (Fsp3) is 0.182. The van der Waals surface area contributed by atoms with Gasteiger partial charge in [-0.05, 0) is 30.7 Å². The van der Waals surface area contributed by atoms with Gasteiger partial charge >= 0.3 is 0 Å². The molecule has 0 aliphatic carbocycles. The van der Waals surface area contributed by atoms with Crippen molar-refractivity contribution in [1.82, 2.24) is 0 Å². The second-order valence-electron chi connectivity index (χ2n) is 3.09. The van der Waals surface area contributed by atoms with E-state index in [-0.39, 0.29) is 0 Å². The van der Waals surface area contributed by atoms with Crippen molar-refractivity contribution in [3.63, 3.8) is 0 Å². The number of rotatable bonds is 4. The number of aryl methyl sites for hydroxylation is 1. The van der Waals surface area contributed by atoms with Crippen molar-refractivity contribution in [3.8, 4) is 0 Å². The Balaban J connectivity index is 1.99. The van der Waals surface area contributed by atoms with E-state index in [0.29, 0.717) is 0 Å². The first-order valence-corrected chi connectivity index (χ1v) is 6.30. The highest BCUT2D eigenvalue weighted by Crippen LogP contribution is 2.30. The number of furan rings is 1. The Bertz CT molecular complexity index is 457. The monoisotopic (exact) mass is 238 g/mol. The molecule has 2 nitrogen and oxygen atoms in total. The minimum absolute atomic E-state index is 0.772. The smallest absolute Gasteiger partial charge is 0.160 e. The first-order chi connectivity index (χ1) is 7.29. The lowest BCUT2D eigenvalue weighted by Crippen LogP contribution is -1.77. The van der Waals surface area contributed by atoms with Crippen LogP contribution in [0.4, 0.5) is 0 Å². The molecule has 0 aromatic carbocycles. The molecule has 4 heteroatoms. The van der Waals surface area contributed by atoms with Crippen LogP contribution in [0.3, 0.4) is 0 Å². The van der Waals surface area contributed by atoms with Crippen LogP contribution in [-0.2, 0) is 5.75 Å². The maximum atomic E-state index is 10.5. The molecule has 2 aromatic rings. The maximum Gasteiger partial charge on any atom is 0.160 e. The molecule has 0 aliphatic heterocycles. The van der Waals surface area contributed by atoms with Gasteiger partial charge in [0.1, 0.15) is 5.76 Å². The molecule has 0 fully saturated rings. The first kappa shape index (κ1) is 10.5. The predicted molar refractivity (Wildman–Crippen MR) is 62.7 cm³/mol. The molecular weight excluding hydrogens is 228 g/mol. The zero-order valence-corrected chi connectivity index (χ0v) is 9.86. The number of hydrogen-bond donors (Lipinski definition) is 0. The van der Waals surface area contributed by atoms with E-state index in [1.807, 2.05) is 25.1 Å². The topological polar surface area (TPSA) is 30.2 Å². The summed E-state index contributed by atoms with van der Waals surface area (Å²) in [5, 5.41) is 0. The molecule has 0 unspecified atom stereocenters. The molecule has 0 N–H and O–H groups in total. The van der Waals surface area contributed by atoms with Crippen LogP contribution in [0.15, 0.2) is 33.1 Å². The van der Waals surface area contributed by atoms with Crippen molar-refractivity contribution in [2.45, 2.75) is 16.9 Å². The van der Waals surface area contributed by atoms with Crippen LogP contribution in [0.5, 0.6) is 0 Å². The third kappa shape index (κ3) is 2.52. The Morgan fingerprint density at radius 3 is 2.93 bits per heavy atom. The third-order valence-corrected chi connectivity index (χ3v) is 4.27. The molecule has 0 spiro atoms. The summed E-state index contributed by atoms with van der Waals surface area (Å²) in [4.78, 5) is 11.3. The van der Waals surface area contributed by atoms with Gasteiger partial charge in [0.05, 0.1) is 21.1 Å².